The van der Waals surface area contributed by atoms with Crippen LogP contribution in [0.3, 0.4) is 0 Å². The molecule has 2 heterocycles. The molecule has 0 spiro atoms. The number of carbonyl (C=O) groups is 1. The summed E-state index contributed by atoms with van der Waals surface area (Å²) in [7, 11) is 1.77. The molecule has 0 radical (unpaired) electrons. The molecule has 2 aromatic rings. The molecule has 2 aromatic heterocycles. The van der Waals surface area contributed by atoms with Crippen molar-refractivity contribution in [3.8, 4) is 0 Å². The Labute approximate surface area is 104 Å². The molecule has 0 fully saturated rings. The van der Waals surface area contributed by atoms with E-state index in [1.54, 1.807) is 41.6 Å². The largest absolute Gasteiger partial charge is 0.384 e. The molecular weight excluding hydrogens is 234 g/mol. The Morgan fingerprint density at radius 1 is 1.53 bits per heavy atom. The first-order valence-corrected chi connectivity index (χ1v) is 6.09. The van der Waals surface area contributed by atoms with Crippen LogP contribution in [0.25, 0.3) is 0 Å². The number of rotatable bonds is 3. The summed E-state index contributed by atoms with van der Waals surface area (Å²) in [6.07, 6.45) is 1.54. The van der Waals surface area contributed by atoms with Crippen LogP contribution in [-0.4, -0.2) is 22.8 Å². The molecule has 0 saturated carbocycles. The van der Waals surface area contributed by atoms with Gasteiger partial charge in [-0.2, -0.15) is 11.3 Å². The number of thiophene rings is 1. The number of pyridine rings is 1. The first-order valence-electron chi connectivity index (χ1n) is 5.15. The maximum atomic E-state index is 12.1. The second kappa shape index (κ2) is 4.97. The zero-order chi connectivity index (χ0) is 12.3. The van der Waals surface area contributed by atoms with Gasteiger partial charge in [0.15, 0.2) is 0 Å². The van der Waals surface area contributed by atoms with Gasteiger partial charge < -0.3 is 10.6 Å². The van der Waals surface area contributed by atoms with Crippen molar-refractivity contribution in [2.24, 2.45) is 0 Å². The maximum absolute atomic E-state index is 12.1. The van der Waals surface area contributed by atoms with Gasteiger partial charge in [0.05, 0.1) is 0 Å². The lowest BCUT2D eigenvalue weighted by Gasteiger charge is -2.16. The summed E-state index contributed by atoms with van der Waals surface area (Å²) in [5.41, 5.74) is 7.25. The first-order chi connectivity index (χ1) is 8.16. The fourth-order valence-electron chi connectivity index (χ4n) is 1.53. The molecule has 2 N–H and O–H groups in total. The number of nitrogens with zero attached hydrogens (tertiary/aromatic N) is 2. The summed E-state index contributed by atoms with van der Waals surface area (Å²) >= 11 is 1.62. The molecule has 0 aromatic carbocycles. The number of nitrogens with two attached hydrogens (primary N) is 1. The summed E-state index contributed by atoms with van der Waals surface area (Å²) in [4.78, 5) is 17.6. The lowest BCUT2D eigenvalue weighted by atomic mass is 10.2. The predicted octanol–water partition coefficient (Wildman–Crippen LogP) is 2.00. The zero-order valence-electron chi connectivity index (χ0n) is 9.46. The fraction of sp³-hybridized carbons (Fsp3) is 0.167. The summed E-state index contributed by atoms with van der Waals surface area (Å²) in [6.45, 7) is 0.602. The monoisotopic (exact) mass is 247 g/mol. The average Bonchev–Trinajstić information content (AvgIpc) is 2.80. The second-order valence-corrected chi connectivity index (χ2v) is 4.54. The van der Waals surface area contributed by atoms with E-state index in [1.165, 1.54) is 0 Å². The quantitative estimate of drug-likeness (QED) is 0.902. The van der Waals surface area contributed by atoms with Crippen LogP contribution in [0.15, 0.2) is 35.2 Å². The van der Waals surface area contributed by atoms with Crippen LogP contribution in [0.1, 0.15) is 15.9 Å². The van der Waals surface area contributed by atoms with E-state index < -0.39 is 0 Å². The molecule has 0 aliphatic heterocycles. The SMILES string of the molecule is CN(Cc1ccsc1)C(=O)c1ccnc(N)c1. The molecule has 5 heteroatoms. The van der Waals surface area contributed by atoms with Gasteiger partial charge in [0.1, 0.15) is 5.82 Å². The molecule has 2 rings (SSSR count). The second-order valence-electron chi connectivity index (χ2n) is 3.76. The van der Waals surface area contributed by atoms with E-state index in [1.807, 2.05) is 16.8 Å². The Balaban J connectivity index is 2.09. The minimum absolute atomic E-state index is 0.0506. The van der Waals surface area contributed by atoms with Crippen molar-refractivity contribution in [3.05, 3.63) is 46.3 Å². The Kier molecular flexibility index (Phi) is 3.39. The van der Waals surface area contributed by atoms with E-state index >= 15 is 0 Å². The van der Waals surface area contributed by atoms with Crippen molar-refractivity contribution in [1.29, 1.82) is 0 Å². The van der Waals surface area contributed by atoms with Gasteiger partial charge >= 0.3 is 0 Å². The van der Waals surface area contributed by atoms with Gasteiger partial charge in [-0.1, -0.05) is 0 Å². The van der Waals surface area contributed by atoms with Crippen LogP contribution in [0.4, 0.5) is 5.82 Å². The highest BCUT2D eigenvalue weighted by Crippen LogP contribution is 2.11. The van der Waals surface area contributed by atoms with Crippen LogP contribution in [0, 0.1) is 0 Å². The average molecular weight is 247 g/mol. The van der Waals surface area contributed by atoms with Crippen LogP contribution in [-0.2, 0) is 6.54 Å². The van der Waals surface area contributed by atoms with E-state index in [0.29, 0.717) is 17.9 Å². The predicted molar refractivity (Wildman–Crippen MR) is 68.8 cm³/mol. The molecule has 17 heavy (non-hydrogen) atoms. The van der Waals surface area contributed by atoms with Gasteiger partial charge in [0.25, 0.3) is 5.91 Å². The van der Waals surface area contributed by atoms with Crippen molar-refractivity contribution >= 4 is 23.1 Å². The van der Waals surface area contributed by atoms with Gasteiger partial charge in [-0.15, -0.1) is 0 Å². The van der Waals surface area contributed by atoms with E-state index in [-0.39, 0.29) is 5.91 Å². The first kappa shape index (κ1) is 11.6. The van der Waals surface area contributed by atoms with Crippen LogP contribution in [0.2, 0.25) is 0 Å². The van der Waals surface area contributed by atoms with Crippen molar-refractivity contribution in [1.82, 2.24) is 9.88 Å². The summed E-state index contributed by atoms with van der Waals surface area (Å²) in [6, 6.07) is 5.27. The lowest BCUT2D eigenvalue weighted by molar-refractivity contribution is 0.0785. The molecule has 0 aliphatic carbocycles. The molecule has 0 unspecified atom stereocenters. The molecule has 1 amide bonds. The highest BCUT2D eigenvalue weighted by molar-refractivity contribution is 7.07. The van der Waals surface area contributed by atoms with Crippen LogP contribution < -0.4 is 5.73 Å². The number of nitrogen functional groups attached to an aromatic ring is 1. The number of anilines is 1. The number of hydrogen-bond donors (Lipinski definition) is 1. The van der Waals surface area contributed by atoms with Crippen molar-refractivity contribution in [2.75, 3.05) is 12.8 Å². The summed E-state index contributed by atoms with van der Waals surface area (Å²) in [5, 5.41) is 4.03. The lowest BCUT2D eigenvalue weighted by Crippen LogP contribution is -2.26. The standard InChI is InChI=1S/C12H13N3OS/c1-15(7-9-3-5-17-8-9)12(16)10-2-4-14-11(13)6-10/h2-6,8H,7H2,1H3,(H2,13,14). The van der Waals surface area contributed by atoms with E-state index in [0.717, 1.165) is 5.56 Å². The molecule has 0 bridgehead atoms. The van der Waals surface area contributed by atoms with Gasteiger partial charge in [-0.3, -0.25) is 4.79 Å². The smallest absolute Gasteiger partial charge is 0.254 e. The van der Waals surface area contributed by atoms with Crippen LogP contribution in [0.5, 0.6) is 0 Å². The molecule has 0 aliphatic rings. The van der Waals surface area contributed by atoms with Gasteiger partial charge in [0.2, 0.25) is 0 Å². The topological polar surface area (TPSA) is 59.2 Å². The fourth-order valence-corrected chi connectivity index (χ4v) is 2.19. The number of amides is 1. The number of hydrogen-bond acceptors (Lipinski definition) is 4. The molecule has 0 saturated heterocycles. The highest BCUT2D eigenvalue weighted by atomic mass is 32.1. The molecule has 0 atom stereocenters. The van der Waals surface area contributed by atoms with Crippen molar-refractivity contribution < 1.29 is 4.79 Å². The summed E-state index contributed by atoms with van der Waals surface area (Å²) in [5.74, 6) is 0.310. The van der Waals surface area contributed by atoms with Gasteiger partial charge in [0, 0.05) is 25.4 Å². The Hall–Kier alpha value is -1.88. The van der Waals surface area contributed by atoms with Crippen molar-refractivity contribution in [2.45, 2.75) is 6.54 Å². The third kappa shape index (κ3) is 2.82. The molecular formula is C12H13N3OS. The van der Waals surface area contributed by atoms with E-state index in [4.69, 9.17) is 5.73 Å². The molecule has 4 nitrogen and oxygen atoms in total. The number of aromatic nitrogens is 1. The third-order valence-corrected chi connectivity index (χ3v) is 3.11. The minimum Gasteiger partial charge on any atom is -0.384 e. The molecule has 88 valence electrons. The zero-order valence-corrected chi connectivity index (χ0v) is 10.3. The Morgan fingerprint density at radius 2 is 2.35 bits per heavy atom. The summed E-state index contributed by atoms with van der Waals surface area (Å²) < 4.78 is 0. The van der Waals surface area contributed by atoms with Gasteiger partial charge in [-0.05, 0) is 34.5 Å². The third-order valence-electron chi connectivity index (χ3n) is 2.37. The van der Waals surface area contributed by atoms with Gasteiger partial charge in [-0.25, -0.2) is 4.98 Å². The van der Waals surface area contributed by atoms with E-state index in [9.17, 15) is 4.79 Å². The Bertz CT molecular complexity index is 510. The van der Waals surface area contributed by atoms with Crippen molar-refractivity contribution in [3.63, 3.8) is 0 Å². The highest BCUT2D eigenvalue weighted by Gasteiger charge is 2.12. The van der Waals surface area contributed by atoms with Crippen LogP contribution >= 0.6 is 11.3 Å². The normalized spacial score (nSPS) is 10.2. The maximum Gasteiger partial charge on any atom is 0.254 e. The van der Waals surface area contributed by atoms with E-state index in [2.05, 4.69) is 4.98 Å². The minimum atomic E-state index is -0.0506. The number of carbonyl (C=O) groups excluding carboxylic acids is 1. The Morgan fingerprint density at radius 3 is 3.00 bits per heavy atom.